The van der Waals surface area contributed by atoms with Crippen LogP contribution in [-0.4, -0.2) is 28.8 Å². The Morgan fingerprint density at radius 2 is 1.93 bits per heavy atom. The van der Waals surface area contributed by atoms with Crippen molar-refractivity contribution in [1.29, 1.82) is 0 Å². The normalized spacial score (nSPS) is 13.9. The van der Waals surface area contributed by atoms with Gasteiger partial charge < -0.3 is 10.2 Å². The van der Waals surface area contributed by atoms with E-state index in [1.165, 1.54) is 4.68 Å². The first-order valence-corrected chi connectivity index (χ1v) is 9.93. The Labute approximate surface area is 165 Å². The molecule has 27 heavy (non-hydrogen) atoms. The summed E-state index contributed by atoms with van der Waals surface area (Å²) in [5.41, 5.74) is 2.15. The second kappa shape index (κ2) is 8.37. The van der Waals surface area contributed by atoms with Gasteiger partial charge in [0.2, 0.25) is 5.91 Å². The summed E-state index contributed by atoms with van der Waals surface area (Å²) in [6.07, 6.45) is -0.808. The van der Waals surface area contributed by atoms with Crippen LogP contribution in [-0.2, 0) is 11.3 Å². The maximum Gasteiger partial charge on any atom is 0.283 e. The van der Waals surface area contributed by atoms with E-state index in [0.29, 0.717) is 15.9 Å². The van der Waals surface area contributed by atoms with Crippen molar-refractivity contribution in [2.24, 2.45) is 0 Å². The Morgan fingerprint density at radius 3 is 2.44 bits per heavy atom. The van der Waals surface area contributed by atoms with Crippen LogP contribution in [0, 0.1) is 0 Å². The van der Waals surface area contributed by atoms with Crippen molar-refractivity contribution >= 4 is 33.2 Å². The number of carbonyl (C=O) groups excluding carboxylic acids is 1. The fourth-order valence-electron chi connectivity index (χ4n) is 3.16. The highest BCUT2D eigenvalue weighted by atomic mass is 79.9. The van der Waals surface area contributed by atoms with Crippen LogP contribution in [0.25, 0.3) is 0 Å². The first-order chi connectivity index (χ1) is 12.9. The summed E-state index contributed by atoms with van der Waals surface area (Å²) < 4.78 is 28.0. The fraction of sp³-hybridized carbons (Fsp3) is 0.474. The van der Waals surface area contributed by atoms with Crippen molar-refractivity contribution in [3.05, 3.63) is 40.1 Å². The van der Waals surface area contributed by atoms with Gasteiger partial charge in [-0.05, 0) is 66.9 Å². The van der Waals surface area contributed by atoms with E-state index in [1.54, 1.807) is 0 Å². The van der Waals surface area contributed by atoms with Crippen molar-refractivity contribution in [3.8, 4) is 0 Å². The zero-order valence-corrected chi connectivity index (χ0v) is 17.0. The third-order valence-corrected chi connectivity index (χ3v) is 5.51. The van der Waals surface area contributed by atoms with E-state index in [0.717, 1.165) is 31.6 Å². The molecule has 1 fully saturated rings. The topological polar surface area (TPSA) is 50.2 Å². The number of rotatable bonds is 8. The lowest BCUT2D eigenvalue weighted by Crippen LogP contribution is -2.22. The molecule has 2 aromatic rings. The standard InChI is InChI=1S/C19H23BrF2N4O/c1-3-25(4-2)14-9-7-13(8-10-14)23-15(27)11-26-18(12-5-6-12)16(20)17(24-26)19(21)22/h7-10,12,19H,3-6,11H2,1-2H3,(H,23,27). The number of alkyl halides is 2. The van der Waals surface area contributed by atoms with Gasteiger partial charge in [0.1, 0.15) is 12.2 Å². The van der Waals surface area contributed by atoms with Crippen molar-refractivity contribution in [1.82, 2.24) is 9.78 Å². The smallest absolute Gasteiger partial charge is 0.283 e. The van der Waals surface area contributed by atoms with Crippen LogP contribution >= 0.6 is 15.9 Å². The van der Waals surface area contributed by atoms with Crippen LogP contribution in [0.5, 0.6) is 0 Å². The maximum atomic E-state index is 13.1. The molecule has 0 saturated heterocycles. The van der Waals surface area contributed by atoms with Crippen molar-refractivity contribution in [2.45, 2.75) is 45.6 Å². The number of carbonyl (C=O) groups is 1. The number of aromatic nitrogens is 2. The first-order valence-electron chi connectivity index (χ1n) is 9.13. The molecule has 0 radical (unpaired) electrons. The molecule has 0 unspecified atom stereocenters. The lowest BCUT2D eigenvalue weighted by atomic mass is 10.2. The summed E-state index contributed by atoms with van der Waals surface area (Å²) in [7, 11) is 0. The summed E-state index contributed by atoms with van der Waals surface area (Å²) in [6, 6.07) is 7.60. The van der Waals surface area contributed by atoms with Gasteiger partial charge in [-0.15, -0.1) is 0 Å². The molecule has 0 atom stereocenters. The molecule has 1 N–H and O–H groups in total. The summed E-state index contributed by atoms with van der Waals surface area (Å²) in [4.78, 5) is 14.6. The minimum absolute atomic E-state index is 0.0883. The van der Waals surface area contributed by atoms with Crippen LogP contribution in [0.3, 0.4) is 0 Å². The third kappa shape index (κ3) is 4.48. The minimum Gasteiger partial charge on any atom is -0.372 e. The van der Waals surface area contributed by atoms with E-state index in [-0.39, 0.29) is 24.1 Å². The predicted molar refractivity (Wildman–Crippen MR) is 105 cm³/mol. The van der Waals surface area contributed by atoms with Crippen molar-refractivity contribution in [2.75, 3.05) is 23.3 Å². The number of hydrogen-bond acceptors (Lipinski definition) is 3. The number of nitrogens with one attached hydrogen (secondary N) is 1. The van der Waals surface area contributed by atoms with Gasteiger partial charge in [0.15, 0.2) is 0 Å². The molecule has 0 bridgehead atoms. The molecule has 1 amide bonds. The molecule has 0 spiro atoms. The number of benzene rings is 1. The van der Waals surface area contributed by atoms with E-state index in [2.05, 4.69) is 45.1 Å². The van der Waals surface area contributed by atoms with Crippen LogP contribution < -0.4 is 10.2 Å². The second-order valence-electron chi connectivity index (χ2n) is 6.58. The Hall–Kier alpha value is -1.96. The van der Waals surface area contributed by atoms with Crippen molar-refractivity contribution < 1.29 is 13.6 Å². The highest BCUT2D eigenvalue weighted by Crippen LogP contribution is 2.45. The van der Waals surface area contributed by atoms with Crippen LogP contribution in [0.2, 0.25) is 0 Å². The quantitative estimate of drug-likeness (QED) is 0.631. The highest BCUT2D eigenvalue weighted by molar-refractivity contribution is 9.10. The van der Waals surface area contributed by atoms with Gasteiger partial charge >= 0.3 is 0 Å². The summed E-state index contributed by atoms with van der Waals surface area (Å²) in [5, 5.41) is 6.78. The molecule has 1 saturated carbocycles. The van der Waals surface area contributed by atoms with Gasteiger partial charge in [-0.25, -0.2) is 8.78 Å². The van der Waals surface area contributed by atoms with Crippen LogP contribution in [0.4, 0.5) is 20.2 Å². The third-order valence-electron chi connectivity index (χ3n) is 4.70. The SMILES string of the molecule is CCN(CC)c1ccc(NC(=O)Cn2nc(C(F)F)c(Br)c2C2CC2)cc1. The number of anilines is 2. The zero-order valence-electron chi connectivity index (χ0n) is 15.4. The molecular formula is C19H23BrF2N4O. The van der Waals surface area contributed by atoms with E-state index in [4.69, 9.17) is 0 Å². The average Bonchev–Trinajstić information content (AvgIpc) is 3.41. The molecule has 1 aromatic carbocycles. The Bertz CT molecular complexity index is 799. The molecule has 1 heterocycles. The number of amides is 1. The molecular weight excluding hydrogens is 418 g/mol. The molecule has 0 aliphatic heterocycles. The maximum absolute atomic E-state index is 13.1. The van der Waals surface area contributed by atoms with E-state index >= 15 is 0 Å². The Balaban J connectivity index is 1.70. The summed E-state index contributed by atoms with van der Waals surface area (Å²) >= 11 is 3.24. The van der Waals surface area contributed by atoms with Gasteiger partial charge in [0, 0.05) is 30.4 Å². The number of hydrogen-bond donors (Lipinski definition) is 1. The molecule has 1 aliphatic rings. The molecule has 1 aliphatic carbocycles. The Morgan fingerprint density at radius 1 is 1.30 bits per heavy atom. The minimum atomic E-state index is -2.67. The van der Waals surface area contributed by atoms with Gasteiger partial charge in [-0.3, -0.25) is 9.48 Å². The molecule has 3 rings (SSSR count). The van der Waals surface area contributed by atoms with Gasteiger partial charge in [-0.1, -0.05) is 0 Å². The van der Waals surface area contributed by atoms with Gasteiger partial charge in [0.05, 0.1) is 10.2 Å². The van der Waals surface area contributed by atoms with Gasteiger partial charge in [0.25, 0.3) is 6.43 Å². The largest absolute Gasteiger partial charge is 0.372 e. The molecule has 8 heteroatoms. The monoisotopic (exact) mass is 440 g/mol. The molecule has 146 valence electrons. The van der Waals surface area contributed by atoms with E-state index < -0.39 is 6.43 Å². The Kier molecular flexibility index (Phi) is 6.14. The second-order valence-corrected chi connectivity index (χ2v) is 7.38. The zero-order chi connectivity index (χ0) is 19.6. The predicted octanol–water partition coefficient (Wildman–Crippen LogP) is 4.95. The fourth-order valence-corrected chi connectivity index (χ4v) is 3.94. The summed E-state index contributed by atoms with van der Waals surface area (Å²) in [5.74, 6) is -0.0937. The van der Waals surface area contributed by atoms with Crippen LogP contribution in [0.1, 0.15) is 50.4 Å². The lowest BCUT2D eigenvalue weighted by Gasteiger charge is -2.21. The highest BCUT2D eigenvalue weighted by Gasteiger charge is 2.34. The summed E-state index contributed by atoms with van der Waals surface area (Å²) in [6.45, 7) is 5.91. The van der Waals surface area contributed by atoms with Gasteiger partial charge in [-0.2, -0.15) is 5.10 Å². The van der Waals surface area contributed by atoms with Crippen LogP contribution in [0.15, 0.2) is 28.7 Å². The number of halogens is 3. The lowest BCUT2D eigenvalue weighted by molar-refractivity contribution is -0.117. The molecule has 1 aromatic heterocycles. The van der Waals surface area contributed by atoms with E-state index in [1.807, 2.05) is 24.3 Å². The number of nitrogens with zero attached hydrogens (tertiary/aromatic N) is 3. The van der Waals surface area contributed by atoms with Crippen molar-refractivity contribution in [3.63, 3.8) is 0 Å². The first kappa shape index (κ1) is 19.8. The van der Waals surface area contributed by atoms with E-state index in [9.17, 15) is 13.6 Å². The molecule has 5 nitrogen and oxygen atoms in total. The average molecular weight is 441 g/mol.